The van der Waals surface area contributed by atoms with Crippen LogP contribution in [0.2, 0.25) is 0 Å². The average Bonchev–Trinajstić information content (AvgIpc) is 3.52. The summed E-state index contributed by atoms with van der Waals surface area (Å²) in [4.78, 5) is 44.6. The van der Waals surface area contributed by atoms with E-state index in [9.17, 15) is 19.7 Å². The zero-order valence-electron chi connectivity index (χ0n) is 23.2. The third-order valence-electron chi connectivity index (χ3n) is 6.83. The highest BCUT2D eigenvalue weighted by molar-refractivity contribution is 7.07. The van der Waals surface area contributed by atoms with Crippen LogP contribution in [0.15, 0.2) is 80.1 Å². The number of fused-ring (bicyclic) bond motifs is 1. The standard InChI is InChI=1S/C30H28N4O6S/c1-6-39-29(36)26-18(3)31-30-33(27(26)19-7-9-20(10-8-19)32(4)5)28(35)25(41-30)16-22-12-14-24(40-22)23-13-11-21(34(37)38)15-17(23)2/h7-16,27H,6H2,1-5H3/b25-16-/t27-/m1/s1. The zero-order valence-corrected chi connectivity index (χ0v) is 24.0. The number of nitro groups is 1. The van der Waals surface area contributed by atoms with Gasteiger partial charge >= 0.3 is 5.97 Å². The first-order valence-electron chi connectivity index (χ1n) is 12.9. The van der Waals surface area contributed by atoms with E-state index < -0.39 is 16.9 Å². The number of allylic oxidation sites excluding steroid dienone is 1. The van der Waals surface area contributed by atoms with Gasteiger partial charge in [-0.1, -0.05) is 23.5 Å². The van der Waals surface area contributed by atoms with Crippen LogP contribution in [0.25, 0.3) is 17.4 Å². The zero-order chi connectivity index (χ0) is 29.4. The van der Waals surface area contributed by atoms with Gasteiger partial charge < -0.3 is 14.1 Å². The van der Waals surface area contributed by atoms with Crippen molar-refractivity contribution in [1.29, 1.82) is 0 Å². The summed E-state index contributed by atoms with van der Waals surface area (Å²) in [5.41, 5.74) is 3.65. The van der Waals surface area contributed by atoms with Gasteiger partial charge in [0.15, 0.2) is 4.80 Å². The predicted octanol–water partition coefficient (Wildman–Crippen LogP) is 4.34. The normalized spacial score (nSPS) is 15.0. The fourth-order valence-electron chi connectivity index (χ4n) is 4.80. The van der Waals surface area contributed by atoms with Crippen molar-refractivity contribution in [3.8, 4) is 11.3 Å². The Labute approximate surface area is 239 Å². The number of carbonyl (C=O) groups excluding carboxylic acids is 1. The maximum Gasteiger partial charge on any atom is 0.338 e. The van der Waals surface area contributed by atoms with Gasteiger partial charge in [-0.15, -0.1) is 0 Å². The lowest BCUT2D eigenvalue weighted by molar-refractivity contribution is -0.384. The molecular weight excluding hydrogens is 544 g/mol. The smallest absolute Gasteiger partial charge is 0.338 e. The number of ether oxygens (including phenoxy) is 1. The van der Waals surface area contributed by atoms with Crippen LogP contribution in [0, 0.1) is 17.0 Å². The van der Waals surface area contributed by atoms with E-state index in [4.69, 9.17) is 9.15 Å². The fourth-order valence-corrected chi connectivity index (χ4v) is 5.83. The number of aromatic nitrogens is 1. The van der Waals surface area contributed by atoms with E-state index in [0.717, 1.165) is 11.3 Å². The van der Waals surface area contributed by atoms with Gasteiger partial charge in [0.1, 0.15) is 11.5 Å². The van der Waals surface area contributed by atoms with Crippen LogP contribution in [0.3, 0.4) is 0 Å². The molecule has 1 atom stereocenters. The molecule has 210 valence electrons. The molecule has 5 rings (SSSR count). The van der Waals surface area contributed by atoms with Gasteiger partial charge in [-0.3, -0.25) is 19.5 Å². The summed E-state index contributed by atoms with van der Waals surface area (Å²) in [6, 6.07) is 15.0. The van der Waals surface area contributed by atoms with Crippen molar-refractivity contribution in [2.75, 3.05) is 25.6 Å². The number of non-ortho nitro benzene ring substituents is 1. The minimum atomic E-state index is -0.710. The monoisotopic (exact) mass is 572 g/mol. The number of hydrogen-bond acceptors (Lipinski definition) is 9. The summed E-state index contributed by atoms with van der Waals surface area (Å²) in [5.74, 6) is 0.450. The molecule has 0 fully saturated rings. The number of hydrogen-bond donors (Lipinski definition) is 0. The molecule has 2 aromatic carbocycles. The Balaban J connectivity index is 1.60. The van der Waals surface area contributed by atoms with Crippen molar-refractivity contribution in [3.63, 3.8) is 0 Å². The quantitative estimate of drug-likeness (QED) is 0.184. The number of rotatable bonds is 7. The van der Waals surface area contributed by atoms with Gasteiger partial charge in [0.05, 0.1) is 33.4 Å². The fraction of sp³-hybridized carbons (Fsp3) is 0.233. The van der Waals surface area contributed by atoms with Crippen molar-refractivity contribution in [2.45, 2.75) is 26.8 Å². The Bertz CT molecular complexity index is 1880. The molecular formula is C30H28N4O6S. The van der Waals surface area contributed by atoms with Gasteiger partial charge in [0.2, 0.25) is 0 Å². The van der Waals surface area contributed by atoms with Gasteiger partial charge in [0, 0.05) is 43.6 Å². The average molecular weight is 573 g/mol. The highest BCUT2D eigenvalue weighted by atomic mass is 32.1. The highest BCUT2D eigenvalue weighted by Gasteiger charge is 2.33. The summed E-state index contributed by atoms with van der Waals surface area (Å²) in [7, 11) is 3.88. The number of esters is 1. The molecule has 2 aromatic heterocycles. The van der Waals surface area contributed by atoms with E-state index in [1.165, 1.54) is 28.0 Å². The number of benzene rings is 2. The van der Waals surface area contributed by atoms with Gasteiger partial charge in [0.25, 0.3) is 11.2 Å². The van der Waals surface area contributed by atoms with Crippen LogP contribution in [-0.2, 0) is 9.53 Å². The third kappa shape index (κ3) is 5.23. The molecule has 11 heteroatoms. The summed E-state index contributed by atoms with van der Waals surface area (Å²) in [5, 5.41) is 11.1. The lowest BCUT2D eigenvalue weighted by Gasteiger charge is -2.25. The van der Waals surface area contributed by atoms with Crippen molar-refractivity contribution in [1.82, 2.24) is 4.57 Å². The van der Waals surface area contributed by atoms with E-state index in [1.54, 1.807) is 45.0 Å². The molecule has 3 heterocycles. The summed E-state index contributed by atoms with van der Waals surface area (Å²) in [6.07, 6.45) is 1.64. The summed E-state index contributed by atoms with van der Waals surface area (Å²) in [6.45, 7) is 5.45. The van der Waals surface area contributed by atoms with Crippen molar-refractivity contribution >= 4 is 34.8 Å². The molecule has 0 bridgehead atoms. The molecule has 1 aliphatic rings. The summed E-state index contributed by atoms with van der Waals surface area (Å²) >= 11 is 1.21. The Morgan fingerprint density at radius 1 is 1.17 bits per heavy atom. The van der Waals surface area contributed by atoms with E-state index in [0.29, 0.717) is 43.3 Å². The molecule has 0 N–H and O–H groups in total. The Morgan fingerprint density at radius 3 is 2.54 bits per heavy atom. The number of nitrogens with zero attached hydrogens (tertiary/aromatic N) is 4. The Morgan fingerprint density at radius 2 is 1.90 bits per heavy atom. The number of furan rings is 1. The molecule has 0 saturated carbocycles. The minimum Gasteiger partial charge on any atom is -0.463 e. The molecule has 41 heavy (non-hydrogen) atoms. The van der Waals surface area contributed by atoms with E-state index >= 15 is 0 Å². The molecule has 0 amide bonds. The Kier molecular flexibility index (Phi) is 7.46. The van der Waals surface area contributed by atoms with E-state index in [1.807, 2.05) is 43.3 Å². The minimum absolute atomic E-state index is 0.00234. The number of aryl methyl sites for hydroxylation is 1. The van der Waals surface area contributed by atoms with Crippen LogP contribution < -0.4 is 19.8 Å². The largest absolute Gasteiger partial charge is 0.463 e. The second-order valence-corrected chi connectivity index (χ2v) is 10.8. The van der Waals surface area contributed by atoms with Crippen LogP contribution in [-0.4, -0.2) is 36.2 Å². The van der Waals surface area contributed by atoms with Crippen molar-refractivity contribution in [3.05, 3.63) is 113 Å². The highest BCUT2D eigenvalue weighted by Crippen LogP contribution is 2.32. The van der Waals surface area contributed by atoms with Crippen LogP contribution in [0.1, 0.15) is 36.8 Å². The van der Waals surface area contributed by atoms with Crippen molar-refractivity contribution < 1.29 is 18.9 Å². The molecule has 0 spiro atoms. The van der Waals surface area contributed by atoms with Crippen LogP contribution in [0.5, 0.6) is 0 Å². The number of nitro benzene ring substituents is 1. The van der Waals surface area contributed by atoms with Crippen LogP contribution >= 0.6 is 11.3 Å². The number of anilines is 1. The molecule has 0 radical (unpaired) electrons. The van der Waals surface area contributed by atoms with Gasteiger partial charge in [-0.05, 0) is 62.2 Å². The predicted molar refractivity (Wildman–Crippen MR) is 157 cm³/mol. The van der Waals surface area contributed by atoms with E-state index in [2.05, 4.69) is 4.99 Å². The molecule has 10 nitrogen and oxygen atoms in total. The van der Waals surface area contributed by atoms with Crippen LogP contribution in [0.4, 0.5) is 11.4 Å². The number of thiazole rings is 1. The molecule has 0 aliphatic carbocycles. The molecule has 0 unspecified atom stereocenters. The first-order chi connectivity index (χ1) is 19.6. The van der Waals surface area contributed by atoms with Gasteiger partial charge in [-0.25, -0.2) is 9.79 Å². The molecule has 0 saturated heterocycles. The lowest BCUT2D eigenvalue weighted by atomic mass is 9.95. The number of carbonyl (C=O) groups is 1. The molecule has 1 aliphatic heterocycles. The summed E-state index contributed by atoms with van der Waals surface area (Å²) < 4.78 is 13.3. The first-order valence-corrected chi connectivity index (χ1v) is 13.7. The third-order valence-corrected chi connectivity index (χ3v) is 7.81. The lowest BCUT2D eigenvalue weighted by Crippen LogP contribution is -2.39. The van der Waals surface area contributed by atoms with Crippen molar-refractivity contribution in [2.24, 2.45) is 4.99 Å². The van der Waals surface area contributed by atoms with E-state index in [-0.39, 0.29) is 17.9 Å². The van der Waals surface area contributed by atoms with Gasteiger partial charge in [-0.2, -0.15) is 0 Å². The Hall–Kier alpha value is -4.77. The first kappa shape index (κ1) is 27.8. The maximum absolute atomic E-state index is 13.8. The molecule has 4 aromatic rings. The maximum atomic E-state index is 13.8. The second kappa shape index (κ2) is 11.0. The SMILES string of the molecule is CCOC(=O)C1=C(C)N=c2s/c(=C\c3ccc(-c4ccc([N+](=O)[O-])cc4C)o3)c(=O)n2[C@@H]1c1ccc(N(C)C)cc1. The topological polar surface area (TPSA) is 120 Å². The second-order valence-electron chi connectivity index (χ2n) is 9.75.